The zero-order valence-electron chi connectivity index (χ0n) is 10.1. The van der Waals surface area contributed by atoms with Crippen LogP contribution in [-0.2, 0) is 0 Å². The predicted molar refractivity (Wildman–Crippen MR) is 71.8 cm³/mol. The van der Waals surface area contributed by atoms with Gasteiger partial charge >= 0.3 is 0 Å². The average Bonchev–Trinajstić information content (AvgIpc) is 2.58. The number of para-hydroxylation sites is 1. The SMILES string of the molecule is Cc1c(Br)c(OC(C)C)nn1-c1ccccc1. The summed E-state index contributed by atoms with van der Waals surface area (Å²) in [7, 11) is 0. The molecule has 0 fully saturated rings. The number of hydrogen-bond acceptors (Lipinski definition) is 2. The Kier molecular flexibility index (Phi) is 3.52. The fourth-order valence-electron chi connectivity index (χ4n) is 1.58. The minimum absolute atomic E-state index is 0.116. The van der Waals surface area contributed by atoms with E-state index in [4.69, 9.17) is 4.74 Å². The Labute approximate surface area is 110 Å². The molecule has 0 N–H and O–H groups in total. The lowest BCUT2D eigenvalue weighted by Crippen LogP contribution is -2.06. The van der Waals surface area contributed by atoms with E-state index in [9.17, 15) is 0 Å². The molecule has 2 aromatic rings. The minimum atomic E-state index is 0.116. The van der Waals surface area contributed by atoms with E-state index in [2.05, 4.69) is 21.0 Å². The second-order valence-electron chi connectivity index (χ2n) is 4.12. The van der Waals surface area contributed by atoms with Crippen molar-refractivity contribution in [3.05, 3.63) is 40.5 Å². The molecule has 90 valence electrons. The highest BCUT2D eigenvalue weighted by Gasteiger charge is 2.15. The summed E-state index contributed by atoms with van der Waals surface area (Å²) in [5.74, 6) is 0.640. The minimum Gasteiger partial charge on any atom is -0.473 e. The van der Waals surface area contributed by atoms with Crippen LogP contribution < -0.4 is 4.74 Å². The third-order valence-corrected chi connectivity index (χ3v) is 3.28. The van der Waals surface area contributed by atoms with Gasteiger partial charge in [-0.25, -0.2) is 4.68 Å². The fraction of sp³-hybridized carbons (Fsp3) is 0.308. The van der Waals surface area contributed by atoms with Crippen LogP contribution >= 0.6 is 15.9 Å². The van der Waals surface area contributed by atoms with Gasteiger partial charge < -0.3 is 4.74 Å². The van der Waals surface area contributed by atoms with E-state index in [1.807, 2.05) is 55.8 Å². The van der Waals surface area contributed by atoms with Crippen molar-refractivity contribution in [1.29, 1.82) is 0 Å². The molecule has 0 atom stereocenters. The predicted octanol–water partition coefficient (Wildman–Crippen LogP) is 3.73. The van der Waals surface area contributed by atoms with E-state index in [-0.39, 0.29) is 6.10 Å². The first-order valence-corrected chi connectivity index (χ1v) is 6.36. The molecule has 0 bridgehead atoms. The first-order chi connectivity index (χ1) is 8.09. The molecule has 0 saturated carbocycles. The van der Waals surface area contributed by atoms with E-state index >= 15 is 0 Å². The highest BCUT2D eigenvalue weighted by atomic mass is 79.9. The maximum Gasteiger partial charge on any atom is 0.248 e. The average molecular weight is 295 g/mol. The third kappa shape index (κ3) is 2.52. The monoisotopic (exact) mass is 294 g/mol. The van der Waals surface area contributed by atoms with Gasteiger partial charge in [0.05, 0.1) is 17.5 Å². The molecule has 0 saturated heterocycles. The lowest BCUT2D eigenvalue weighted by Gasteiger charge is -2.06. The quantitative estimate of drug-likeness (QED) is 0.862. The van der Waals surface area contributed by atoms with Crippen LogP contribution in [0, 0.1) is 6.92 Å². The van der Waals surface area contributed by atoms with E-state index in [1.165, 1.54) is 0 Å². The first kappa shape index (κ1) is 12.2. The Hall–Kier alpha value is -1.29. The molecule has 2 rings (SSSR count). The van der Waals surface area contributed by atoms with Crippen molar-refractivity contribution < 1.29 is 4.74 Å². The molecule has 1 aromatic carbocycles. The Balaban J connectivity index is 2.43. The van der Waals surface area contributed by atoms with Crippen LogP contribution in [0.1, 0.15) is 19.5 Å². The molecule has 0 aliphatic carbocycles. The second-order valence-corrected chi connectivity index (χ2v) is 4.91. The summed E-state index contributed by atoms with van der Waals surface area (Å²) in [6, 6.07) is 10.0. The van der Waals surface area contributed by atoms with Gasteiger partial charge in [-0.2, -0.15) is 0 Å². The van der Waals surface area contributed by atoms with Gasteiger partial charge in [-0.1, -0.05) is 18.2 Å². The maximum atomic E-state index is 5.65. The standard InChI is InChI=1S/C13H15BrN2O/c1-9(2)17-13-12(14)10(3)16(15-13)11-7-5-4-6-8-11/h4-9H,1-3H3. The number of hydrogen-bond donors (Lipinski definition) is 0. The van der Waals surface area contributed by atoms with Crippen LogP contribution in [0.2, 0.25) is 0 Å². The topological polar surface area (TPSA) is 27.1 Å². The number of rotatable bonds is 3. The molecule has 0 amide bonds. The molecule has 0 spiro atoms. The van der Waals surface area contributed by atoms with Crippen molar-refractivity contribution >= 4 is 15.9 Å². The lowest BCUT2D eigenvalue weighted by molar-refractivity contribution is 0.230. The molecule has 17 heavy (non-hydrogen) atoms. The van der Waals surface area contributed by atoms with Crippen LogP contribution in [0.3, 0.4) is 0 Å². The van der Waals surface area contributed by atoms with Gasteiger partial charge in [-0.15, -0.1) is 5.10 Å². The van der Waals surface area contributed by atoms with Gasteiger partial charge in [-0.05, 0) is 48.8 Å². The summed E-state index contributed by atoms with van der Waals surface area (Å²) in [4.78, 5) is 0. The van der Waals surface area contributed by atoms with Gasteiger partial charge in [0.25, 0.3) is 0 Å². The van der Waals surface area contributed by atoms with Crippen LogP contribution in [0.15, 0.2) is 34.8 Å². The van der Waals surface area contributed by atoms with Crippen LogP contribution in [-0.4, -0.2) is 15.9 Å². The zero-order chi connectivity index (χ0) is 12.4. The second kappa shape index (κ2) is 4.92. The third-order valence-electron chi connectivity index (χ3n) is 2.36. The molecule has 4 heteroatoms. The van der Waals surface area contributed by atoms with Crippen molar-refractivity contribution in [3.8, 4) is 11.6 Å². The molecular formula is C13H15BrN2O. The lowest BCUT2D eigenvalue weighted by atomic mass is 10.3. The summed E-state index contributed by atoms with van der Waals surface area (Å²) in [5.41, 5.74) is 2.07. The number of ether oxygens (including phenoxy) is 1. The van der Waals surface area contributed by atoms with Crippen LogP contribution in [0.4, 0.5) is 0 Å². The molecule has 0 aliphatic heterocycles. The van der Waals surface area contributed by atoms with Crippen molar-refractivity contribution in [2.75, 3.05) is 0 Å². The Morgan fingerprint density at radius 2 is 1.88 bits per heavy atom. The van der Waals surface area contributed by atoms with E-state index < -0.39 is 0 Å². The Bertz CT molecular complexity index is 506. The smallest absolute Gasteiger partial charge is 0.248 e. The highest BCUT2D eigenvalue weighted by Crippen LogP contribution is 2.29. The van der Waals surface area contributed by atoms with Crippen molar-refractivity contribution in [2.24, 2.45) is 0 Å². The van der Waals surface area contributed by atoms with Crippen molar-refractivity contribution in [2.45, 2.75) is 26.9 Å². The molecule has 1 aromatic heterocycles. The summed E-state index contributed by atoms with van der Waals surface area (Å²) in [6.07, 6.45) is 0.116. The number of halogens is 1. The Morgan fingerprint density at radius 1 is 1.24 bits per heavy atom. The van der Waals surface area contributed by atoms with Gasteiger partial charge in [0.1, 0.15) is 4.47 Å². The molecule has 3 nitrogen and oxygen atoms in total. The zero-order valence-corrected chi connectivity index (χ0v) is 11.7. The number of aromatic nitrogens is 2. The maximum absolute atomic E-state index is 5.65. The van der Waals surface area contributed by atoms with Gasteiger partial charge in [0.15, 0.2) is 0 Å². The van der Waals surface area contributed by atoms with Gasteiger partial charge in [0, 0.05) is 0 Å². The Morgan fingerprint density at radius 3 is 2.47 bits per heavy atom. The molecule has 0 unspecified atom stereocenters. The molecular weight excluding hydrogens is 280 g/mol. The number of nitrogens with zero attached hydrogens (tertiary/aromatic N) is 2. The van der Waals surface area contributed by atoms with Crippen molar-refractivity contribution in [3.63, 3.8) is 0 Å². The van der Waals surface area contributed by atoms with Gasteiger partial charge in [-0.3, -0.25) is 0 Å². The van der Waals surface area contributed by atoms with Crippen LogP contribution in [0.5, 0.6) is 5.88 Å². The summed E-state index contributed by atoms with van der Waals surface area (Å²) in [5, 5.41) is 4.47. The van der Waals surface area contributed by atoms with E-state index in [1.54, 1.807) is 0 Å². The van der Waals surface area contributed by atoms with Crippen molar-refractivity contribution in [1.82, 2.24) is 9.78 Å². The molecule has 0 radical (unpaired) electrons. The summed E-state index contributed by atoms with van der Waals surface area (Å²) >= 11 is 3.52. The molecule has 0 aliphatic rings. The van der Waals surface area contributed by atoms with Crippen LogP contribution in [0.25, 0.3) is 5.69 Å². The first-order valence-electron chi connectivity index (χ1n) is 5.57. The molecule has 1 heterocycles. The summed E-state index contributed by atoms with van der Waals surface area (Å²) in [6.45, 7) is 5.99. The normalized spacial score (nSPS) is 10.9. The van der Waals surface area contributed by atoms with E-state index in [0.29, 0.717) is 5.88 Å². The summed E-state index contributed by atoms with van der Waals surface area (Å²) < 4.78 is 8.44. The largest absolute Gasteiger partial charge is 0.473 e. The fourth-order valence-corrected chi connectivity index (χ4v) is 1.92. The van der Waals surface area contributed by atoms with E-state index in [0.717, 1.165) is 15.9 Å². The number of benzene rings is 1. The highest BCUT2D eigenvalue weighted by molar-refractivity contribution is 9.10. The van der Waals surface area contributed by atoms with Gasteiger partial charge in [0.2, 0.25) is 5.88 Å².